The number of carboxylic acid groups (broad SMARTS) is 1. The number of carbonyl (C=O) groups excluding carboxylic acids is 1. The summed E-state index contributed by atoms with van der Waals surface area (Å²) in [5, 5.41) is 11.9. The molecule has 0 aliphatic carbocycles. The molecule has 0 fully saturated rings. The smallest absolute Gasteiger partial charge is 0.303 e. The standard InChI is InChI=1S/C14H16ClNO3/c1-10(8-14(18)19)9-16-13(17)7-4-11-2-5-12(15)6-3-11/h2-7,10H,8-9H2,1H3,(H,16,17)(H,18,19)/b7-4+. The van der Waals surface area contributed by atoms with Crippen LogP contribution in [0, 0.1) is 5.92 Å². The number of halogens is 1. The van der Waals surface area contributed by atoms with Gasteiger partial charge in [0.05, 0.1) is 0 Å². The quantitative estimate of drug-likeness (QED) is 0.788. The molecular formula is C14H16ClNO3. The molecule has 0 aliphatic rings. The molecule has 1 aromatic carbocycles. The van der Waals surface area contributed by atoms with E-state index in [2.05, 4.69) is 5.32 Å². The maximum Gasteiger partial charge on any atom is 0.303 e. The van der Waals surface area contributed by atoms with Gasteiger partial charge in [0, 0.05) is 24.1 Å². The minimum absolute atomic E-state index is 0.0428. The zero-order chi connectivity index (χ0) is 14.3. The summed E-state index contributed by atoms with van der Waals surface area (Å²) in [6.45, 7) is 2.12. The SMILES string of the molecule is CC(CNC(=O)/C=C/c1ccc(Cl)cc1)CC(=O)O. The fraction of sp³-hybridized carbons (Fsp3) is 0.286. The lowest BCUT2D eigenvalue weighted by Crippen LogP contribution is -2.27. The molecule has 1 rings (SSSR count). The van der Waals surface area contributed by atoms with Crippen LogP contribution in [0.5, 0.6) is 0 Å². The Hall–Kier alpha value is -1.81. The van der Waals surface area contributed by atoms with E-state index < -0.39 is 5.97 Å². The van der Waals surface area contributed by atoms with Crippen LogP contribution < -0.4 is 5.32 Å². The van der Waals surface area contributed by atoms with Gasteiger partial charge in [-0.2, -0.15) is 0 Å². The van der Waals surface area contributed by atoms with Gasteiger partial charge >= 0.3 is 5.97 Å². The van der Waals surface area contributed by atoms with Gasteiger partial charge < -0.3 is 10.4 Å². The highest BCUT2D eigenvalue weighted by Gasteiger charge is 2.07. The first kappa shape index (κ1) is 15.2. The zero-order valence-electron chi connectivity index (χ0n) is 10.6. The molecule has 1 unspecified atom stereocenters. The van der Waals surface area contributed by atoms with Crippen molar-refractivity contribution in [2.75, 3.05) is 6.54 Å². The molecule has 0 aliphatic heterocycles. The summed E-state index contributed by atoms with van der Waals surface area (Å²) in [4.78, 5) is 22.0. The van der Waals surface area contributed by atoms with Crippen molar-refractivity contribution in [3.05, 3.63) is 40.9 Å². The first-order chi connectivity index (χ1) is 8.97. The average molecular weight is 282 g/mol. The van der Waals surface area contributed by atoms with Crippen LogP contribution in [0.4, 0.5) is 0 Å². The van der Waals surface area contributed by atoms with Gasteiger partial charge in [0.15, 0.2) is 0 Å². The summed E-state index contributed by atoms with van der Waals surface area (Å²) in [5.74, 6) is -1.20. The van der Waals surface area contributed by atoms with Gasteiger partial charge in [-0.15, -0.1) is 0 Å². The zero-order valence-corrected chi connectivity index (χ0v) is 11.4. The third kappa shape index (κ3) is 6.62. The largest absolute Gasteiger partial charge is 0.481 e. The molecule has 1 aromatic rings. The maximum absolute atomic E-state index is 11.5. The summed E-state index contributed by atoms with van der Waals surface area (Å²) in [5.41, 5.74) is 0.873. The number of aliphatic carboxylic acids is 1. The minimum atomic E-state index is -0.863. The molecule has 4 nitrogen and oxygen atoms in total. The Morgan fingerprint density at radius 1 is 1.37 bits per heavy atom. The summed E-state index contributed by atoms with van der Waals surface area (Å²) in [7, 11) is 0. The average Bonchev–Trinajstić information content (AvgIpc) is 2.35. The molecule has 0 spiro atoms. The fourth-order valence-electron chi connectivity index (χ4n) is 1.45. The third-order valence-electron chi connectivity index (χ3n) is 2.45. The number of carbonyl (C=O) groups is 2. The molecule has 19 heavy (non-hydrogen) atoms. The lowest BCUT2D eigenvalue weighted by atomic mass is 10.1. The second kappa shape index (κ2) is 7.59. The van der Waals surface area contributed by atoms with Crippen molar-refractivity contribution < 1.29 is 14.7 Å². The van der Waals surface area contributed by atoms with Crippen LogP contribution in [0.15, 0.2) is 30.3 Å². The van der Waals surface area contributed by atoms with Gasteiger partial charge in [-0.1, -0.05) is 30.7 Å². The van der Waals surface area contributed by atoms with E-state index in [0.29, 0.717) is 11.6 Å². The Balaban J connectivity index is 2.38. The number of carboxylic acids is 1. The summed E-state index contributed by atoms with van der Waals surface area (Å²) >= 11 is 5.75. The monoisotopic (exact) mass is 281 g/mol. The Bertz CT molecular complexity index is 468. The number of rotatable bonds is 6. The van der Waals surface area contributed by atoms with E-state index in [1.807, 2.05) is 0 Å². The van der Waals surface area contributed by atoms with E-state index in [-0.39, 0.29) is 18.2 Å². The van der Waals surface area contributed by atoms with Gasteiger partial charge in [0.1, 0.15) is 0 Å². The predicted molar refractivity (Wildman–Crippen MR) is 74.9 cm³/mol. The molecule has 0 radical (unpaired) electrons. The Labute approximate surface area is 117 Å². The van der Waals surface area contributed by atoms with Crippen molar-refractivity contribution in [3.63, 3.8) is 0 Å². The molecule has 1 amide bonds. The van der Waals surface area contributed by atoms with Crippen LogP contribution >= 0.6 is 11.6 Å². The Morgan fingerprint density at radius 2 is 2.00 bits per heavy atom. The van der Waals surface area contributed by atoms with Crippen molar-refractivity contribution in [2.24, 2.45) is 5.92 Å². The molecule has 0 saturated carbocycles. The number of amides is 1. The predicted octanol–water partition coefficient (Wildman–Crippen LogP) is 2.58. The van der Waals surface area contributed by atoms with Crippen LogP contribution in [0.1, 0.15) is 18.9 Å². The van der Waals surface area contributed by atoms with Crippen molar-refractivity contribution in [1.82, 2.24) is 5.32 Å². The molecular weight excluding hydrogens is 266 g/mol. The molecule has 1 atom stereocenters. The van der Waals surface area contributed by atoms with Crippen molar-refractivity contribution in [1.29, 1.82) is 0 Å². The van der Waals surface area contributed by atoms with Crippen molar-refractivity contribution >= 4 is 29.6 Å². The highest BCUT2D eigenvalue weighted by molar-refractivity contribution is 6.30. The second-order valence-corrected chi connectivity index (χ2v) is 4.77. The van der Waals surface area contributed by atoms with Gasteiger partial charge in [0.25, 0.3) is 0 Å². The van der Waals surface area contributed by atoms with Crippen molar-refractivity contribution in [2.45, 2.75) is 13.3 Å². The maximum atomic E-state index is 11.5. The minimum Gasteiger partial charge on any atom is -0.481 e. The highest BCUT2D eigenvalue weighted by atomic mass is 35.5. The molecule has 5 heteroatoms. The molecule has 0 saturated heterocycles. The van der Waals surface area contributed by atoms with E-state index in [4.69, 9.17) is 16.7 Å². The van der Waals surface area contributed by atoms with Crippen LogP contribution in [0.3, 0.4) is 0 Å². The summed E-state index contributed by atoms with van der Waals surface area (Å²) < 4.78 is 0. The summed E-state index contributed by atoms with van der Waals surface area (Å²) in [6, 6.07) is 7.10. The van der Waals surface area contributed by atoms with E-state index in [1.165, 1.54) is 6.08 Å². The lowest BCUT2D eigenvalue weighted by Gasteiger charge is -2.08. The Morgan fingerprint density at radius 3 is 2.58 bits per heavy atom. The highest BCUT2D eigenvalue weighted by Crippen LogP contribution is 2.10. The number of hydrogen-bond acceptors (Lipinski definition) is 2. The second-order valence-electron chi connectivity index (χ2n) is 4.33. The van der Waals surface area contributed by atoms with Crippen LogP contribution in [0.2, 0.25) is 5.02 Å². The first-order valence-electron chi connectivity index (χ1n) is 5.90. The number of nitrogens with one attached hydrogen (secondary N) is 1. The molecule has 0 heterocycles. The van der Waals surface area contributed by atoms with E-state index >= 15 is 0 Å². The number of benzene rings is 1. The van der Waals surface area contributed by atoms with Gasteiger partial charge in [0.2, 0.25) is 5.91 Å². The molecule has 102 valence electrons. The van der Waals surface area contributed by atoms with Crippen LogP contribution in [-0.4, -0.2) is 23.5 Å². The van der Waals surface area contributed by atoms with E-state index in [1.54, 1.807) is 37.3 Å². The summed E-state index contributed by atoms with van der Waals surface area (Å²) in [6.07, 6.45) is 3.13. The molecule has 0 bridgehead atoms. The third-order valence-corrected chi connectivity index (χ3v) is 2.70. The normalized spacial score (nSPS) is 12.3. The van der Waals surface area contributed by atoms with E-state index in [9.17, 15) is 9.59 Å². The van der Waals surface area contributed by atoms with E-state index in [0.717, 1.165) is 5.56 Å². The van der Waals surface area contributed by atoms with Crippen LogP contribution in [0.25, 0.3) is 6.08 Å². The molecule has 2 N–H and O–H groups in total. The van der Waals surface area contributed by atoms with Gasteiger partial charge in [-0.25, -0.2) is 0 Å². The fourth-order valence-corrected chi connectivity index (χ4v) is 1.58. The first-order valence-corrected chi connectivity index (χ1v) is 6.28. The van der Waals surface area contributed by atoms with Crippen LogP contribution in [-0.2, 0) is 9.59 Å². The number of hydrogen-bond donors (Lipinski definition) is 2. The lowest BCUT2D eigenvalue weighted by molar-refractivity contribution is -0.138. The van der Waals surface area contributed by atoms with Crippen molar-refractivity contribution in [3.8, 4) is 0 Å². The Kier molecular flexibility index (Phi) is 6.09. The molecule has 0 aromatic heterocycles. The topological polar surface area (TPSA) is 66.4 Å². The van der Waals surface area contributed by atoms with Gasteiger partial charge in [-0.3, -0.25) is 9.59 Å². The van der Waals surface area contributed by atoms with Gasteiger partial charge in [-0.05, 0) is 29.7 Å².